The molecule has 1 atom stereocenters. The third-order valence-electron chi connectivity index (χ3n) is 4.46. The number of likely N-dealkylation sites (N-methyl/N-ethyl adjacent to an activating group) is 1. The number of hydrogen-bond acceptors (Lipinski definition) is 2. The minimum atomic E-state index is -0.241. The molecule has 1 unspecified atom stereocenters. The highest BCUT2D eigenvalue weighted by molar-refractivity contribution is 5.77. The van der Waals surface area contributed by atoms with Crippen molar-refractivity contribution < 1.29 is 9.18 Å². The molecule has 1 amide bonds. The largest absolute Gasteiger partial charge is 0.354 e. The van der Waals surface area contributed by atoms with Crippen LogP contribution in [0.4, 0.5) is 4.39 Å². The smallest absolute Gasteiger partial charge is 0.220 e. The Morgan fingerprint density at radius 1 is 1.22 bits per heavy atom. The van der Waals surface area contributed by atoms with Crippen LogP contribution in [0.2, 0.25) is 0 Å². The maximum Gasteiger partial charge on any atom is 0.220 e. The number of carbonyl (C=O) groups is 1. The molecule has 0 aliphatic carbocycles. The van der Waals surface area contributed by atoms with Crippen molar-refractivity contribution in [1.29, 1.82) is 0 Å². The number of halogens is 1. The van der Waals surface area contributed by atoms with Gasteiger partial charge in [0.15, 0.2) is 0 Å². The predicted octanol–water partition coefficient (Wildman–Crippen LogP) is 3.80. The quantitative estimate of drug-likeness (QED) is 0.789. The average molecular weight is 322 g/mol. The number of nitrogens with zero attached hydrogens (tertiary/aromatic N) is 1. The van der Waals surface area contributed by atoms with Crippen LogP contribution in [0.1, 0.15) is 52.0 Å². The first-order valence-corrected chi connectivity index (χ1v) is 8.31. The van der Waals surface area contributed by atoms with E-state index in [1.165, 1.54) is 12.1 Å². The van der Waals surface area contributed by atoms with E-state index in [1.807, 2.05) is 14.1 Å². The minimum Gasteiger partial charge on any atom is -0.354 e. The van der Waals surface area contributed by atoms with Crippen molar-refractivity contribution >= 4 is 5.91 Å². The van der Waals surface area contributed by atoms with E-state index in [9.17, 15) is 9.18 Å². The second kappa shape index (κ2) is 8.44. The Morgan fingerprint density at radius 2 is 1.78 bits per heavy atom. The maximum atomic E-state index is 13.1. The number of benzene rings is 1. The van der Waals surface area contributed by atoms with Gasteiger partial charge in [-0.2, -0.15) is 0 Å². The van der Waals surface area contributed by atoms with Gasteiger partial charge in [-0.15, -0.1) is 0 Å². The van der Waals surface area contributed by atoms with Gasteiger partial charge in [-0.1, -0.05) is 26.0 Å². The van der Waals surface area contributed by atoms with Gasteiger partial charge in [0, 0.05) is 18.5 Å². The molecule has 0 heterocycles. The average Bonchev–Trinajstić information content (AvgIpc) is 2.44. The van der Waals surface area contributed by atoms with Gasteiger partial charge in [-0.05, 0) is 63.9 Å². The fourth-order valence-corrected chi connectivity index (χ4v) is 2.41. The maximum absolute atomic E-state index is 13.1. The van der Waals surface area contributed by atoms with E-state index >= 15 is 0 Å². The molecule has 4 heteroatoms. The SMILES string of the molecule is CC(C)CC(CC(=O)NCC(C)(C)N(C)C)c1ccc(F)cc1. The van der Waals surface area contributed by atoms with Gasteiger partial charge in [-0.3, -0.25) is 4.79 Å². The normalized spacial score (nSPS) is 13.4. The lowest BCUT2D eigenvalue weighted by molar-refractivity contribution is -0.122. The molecule has 0 saturated heterocycles. The molecule has 23 heavy (non-hydrogen) atoms. The molecular formula is C19H31FN2O. The summed E-state index contributed by atoms with van der Waals surface area (Å²) in [7, 11) is 4.01. The van der Waals surface area contributed by atoms with Gasteiger partial charge in [-0.25, -0.2) is 4.39 Å². The Bertz CT molecular complexity index is 495. The summed E-state index contributed by atoms with van der Waals surface area (Å²) in [5.41, 5.74) is 0.945. The van der Waals surface area contributed by atoms with Gasteiger partial charge < -0.3 is 10.2 Å². The Hall–Kier alpha value is -1.42. The highest BCUT2D eigenvalue weighted by Crippen LogP contribution is 2.27. The van der Waals surface area contributed by atoms with Crippen LogP contribution < -0.4 is 5.32 Å². The zero-order valence-corrected chi connectivity index (χ0v) is 15.3. The molecule has 0 aromatic heterocycles. The molecule has 3 nitrogen and oxygen atoms in total. The minimum absolute atomic E-state index is 0.0508. The van der Waals surface area contributed by atoms with E-state index in [4.69, 9.17) is 0 Å². The van der Waals surface area contributed by atoms with Gasteiger partial charge in [0.05, 0.1) is 0 Å². The summed E-state index contributed by atoms with van der Waals surface area (Å²) >= 11 is 0. The second-order valence-corrected chi connectivity index (χ2v) is 7.57. The summed E-state index contributed by atoms with van der Waals surface area (Å²) in [6, 6.07) is 6.52. The lowest BCUT2D eigenvalue weighted by Crippen LogP contribution is -2.48. The van der Waals surface area contributed by atoms with E-state index in [2.05, 4.69) is 37.9 Å². The zero-order chi connectivity index (χ0) is 17.6. The number of rotatable bonds is 8. The van der Waals surface area contributed by atoms with Gasteiger partial charge >= 0.3 is 0 Å². The lowest BCUT2D eigenvalue weighted by atomic mass is 9.87. The van der Waals surface area contributed by atoms with Crippen LogP contribution in [-0.2, 0) is 4.79 Å². The van der Waals surface area contributed by atoms with Crippen LogP contribution in [0, 0.1) is 11.7 Å². The van der Waals surface area contributed by atoms with E-state index in [0.717, 1.165) is 12.0 Å². The molecule has 0 fully saturated rings. The van der Waals surface area contributed by atoms with Crippen molar-refractivity contribution in [3.63, 3.8) is 0 Å². The first-order chi connectivity index (χ1) is 10.6. The molecule has 0 radical (unpaired) electrons. The van der Waals surface area contributed by atoms with E-state index in [1.54, 1.807) is 12.1 Å². The van der Waals surface area contributed by atoms with Crippen molar-refractivity contribution in [3.8, 4) is 0 Å². The second-order valence-electron chi connectivity index (χ2n) is 7.57. The Labute approximate surface area is 140 Å². The summed E-state index contributed by atoms with van der Waals surface area (Å²) < 4.78 is 13.1. The molecule has 130 valence electrons. The first-order valence-electron chi connectivity index (χ1n) is 8.31. The van der Waals surface area contributed by atoms with Crippen molar-refractivity contribution in [1.82, 2.24) is 10.2 Å². The summed E-state index contributed by atoms with van der Waals surface area (Å²) in [5, 5.41) is 3.03. The number of amides is 1. The molecule has 1 aromatic rings. The van der Waals surface area contributed by atoms with Gasteiger partial charge in [0.2, 0.25) is 5.91 Å². The summed E-state index contributed by atoms with van der Waals surface area (Å²) in [6.07, 6.45) is 1.35. The standard InChI is InChI=1S/C19H31FN2O/c1-14(2)11-16(15-7-9-17(20)10-8-15)12-18(23)21-13-19(3,4)22(5)6/h7-10,14,16H,11-13H2,1-6H3,(H,21,23). The first kappa shape index (κ1) is 19.6. The fourth-order valence-electron chi connectivity index (χ4n) is 2.41. The van der Waals surface area contributed by atoms with Crippen molar-refractivity contribution in [2.75, 3.05) is 20.6 Å². The Balaban J connectivity index is 2.70. The van der Waals surface area contributed by atoms with Crippen molar-refractivity contribution in [2.24, 2.45) is 5.92 Å². The monoisotopic (exact) mass is 322 g/mol. The number of carbonyl (C=O) groups excluding carboxylic acids is 1. The van der Waals surface area contributed by atoms with Crippen LogP contribution in [0.5, 0.6) is 0 Å². The molecule has 0 aliphatic heterocycles. The molecule has 0 spiro atoms. The number of nitrogens with one attached hydrogen (secondary N) is 1. The van der Waals surface area contributed by atoms with Crippen LogP contribution in [0.3, 0.4) is 0 Å². The van der Waals surface area contributed by atoms with E-state index < -0.39 is 0 Å². The fraction of sp³-hybridized carbons (Fsp3) is 0.632. The van der Waals surface area contributed by atoms with Gasteiger partial charge in [0.1, 0.15) is 5.82 Å². The van der Waals surface area contributed by atoms with Crippen LogP contribution in [0.15, 0.2) is 24.3 Å². The molecule has 1 rings (SSSR count). The van der Waals surface area contributed by atoms with E-state index in [0.29, 0.717) is 18.9 Å². The molecule has 0 bridgehead atoms. The Morgan fingerprint density at radius 3 is 2.26 bits per heavy atom. The zero-order valence-electron chi connectivity index (χ0n) is 15.3. The van der Waals surface area contributed by atoms with Crippen LogP contribution in [-0.4, -0.2) is 37.0 Å². The Kier molecular flexibility index (Phi) is 7.20. The third-order valence-corrected chi connectivity index (χ3v) is 4.46. The lowest BCUT2D eigenvalue weighted by Gasteiger charge is -2.32. The molecule has 1 N–H and O–H groups in total. The number of hydrogen-bond donors (Lipinski definition) is 1. The molecule has 0 saturated carbocycles. The summed E-state index contributed by atoms with van der Waals surface area (Å²) in [4.78, 5) is 14.4. The highest BCUT2D eigenvalue weighted by Gasteiger charge is 2.23. The highest BCUT2D eigenvalue weighted by atomic mass is 19.1. The topological polar surface area (TPSA) is 32.3 Å². The van der Waals surface area contributed by atoms with Crippen molar-refractivity contribution in [2.45, 2.75) is 52.0 Å². The van der Waals surface area contributed by atoms with E-state index in [-0.39, 0.29) is 23.2 Å². The summed E-state index contributed by atoms with van der Waals surface area (Å²) in [5.74, 6) is 0.415. The molecule has 1 aromatic carbocycles. The molecule has 0 aliphatic rings. The predicted molar refractivity (Wildman–Crippen MR) is 94.0 cm³/mol. The van der Waals surface area contributed by atoms with Gasteiger partial charge in [0.25, 0.3) is 0 Å². The molecular weight excluding hydrogens is 291 g/mol. The summed E-state index contributed by atoms with van der Waals surface area (Å²) in [6.45, 7) is 9.08. The van der Waals surface area contributed by atoms with Crippen molar-refractivity contribution in [3.05, 3.63) is 35.6 Å². The van der Waals surface area contributed by atoms with Crippen LogP contribution in [0.25, 0.3) is 0 Å². The third kappa shape index (κ3) is 6.69. The van der Waals surface area contributed by atoms with Crippen LogP contribution >= 0.6 is 0 Å².